The van der Waals surface area contributed by atoms with E-state index in [1.54, 1.807) is 0 Å². The van der Waals surface area contributed by atoms with E-state index in [0.29, 0.717) is 31.8 Å². The van der Waals surface area contributed by atoms with Gasteiger partial charge in [-0.05, 0) is 67.2 Å². The van der Waals surface area contributed by atoms with Gasteiger partial charge in [0.25, 0.3) is 0 Å². The van der Waals surface area contributed by atoms with Crippen LogP contribution in [0, 0.1) is 0 Å². The lowest BCUT2D eigenvalue weighted by molar-refractivity contribution is -0.120. The van der Waals surface area contributed by atoms with Gasteiger partial charge in [0, 0.05) is 12.1 Å². The Hall–Kier alpha value is -3.27. The molecule has 0 unspecified atom stereocenters. The molecule has 0 atom stereocenters. The Bertz CT molecular complexity index is 957. The highest BCUT2D eigenvalue weighted by atomic mass is 16.5. The van der Waals surface area contributed by atoms with Crippen LogP contribution in [0.15, 0.2) is 73.0 Å². The second kappa shape index (κ2) is 10.5. The molecule has 1 aliphatic carbocycles. The molecule has 0 heterocycles. The van der Waals surface area contributed by atoms with Crippen molar-refractivity contribution in [3.63, 3.8) is 0 Å². The zero-order chi connectivity index (χ0) is 21.3. The quantitative estimate of drug-likeness (QED) is 0.548. The van der Waals surface area contributed by atoms with E-state index in [2.05, 4.69) is 30.1 Å². The minimum Gasteiger partial charge on any atom is -0.490 e. The highest BCUT2D eigenvalue weighted by molar-refractivity contribution is 5.85. The lowest BCUT2D eigenvalue weighted by Gasteiger charge is -2.14. The lowest BCUT2D eigenvalue weighted by atomic mass is 10.0. The van der Waals surface area contributed by atoms with Crippen LogP contribution in [0.2, 0.25) is 0 Å². The Morgan fingerprint density at radius 3 is 2.47 bits per heavy atom. The zero-order valence-electron chi connectivity index (χ0n) is 17.7. The van der Waals surface area contributed by atoms with Gasteiger partial charge in [0.1, 0.15) is 0 Å². The van der Waals surface area contributed by atoms with Gasteiger partial charge in [-0.15, -0.1) is 0 Å². The monoisotopic (exact) mass is 403 g/mol. The number of allylic oxidation sites excluding steroid dienone is 4. The van der Waals surface area contributed by atoms with Gasteiger partial charge in [0.2, 0.25) is 5.91 Å². The van der Waals surface area contributed by atoms with Crippen molar-refractivity contribution < 1.29 is 14.3 Å². The van der Waals surface area contributed by atoms with Crippen molar-refractivity contribution in [3.8, 4) is 11.5 Å². The number of ether oxygens (including phenoxy) is 2. The fraction of sp³-hybridized carbons (Fsp3) is 0.269. The molecular formula is C26H29NO3. The van der Waals surface area contributed by atoms with E-state index in [1.807, 2.05) is 56.3 Å². The molecule has 1 aliphatic rings. The summed E-state index contributed by atoms with van der Waals surface area (Å²) in [5, 5.41) is 3.06. The maximum atomic E-state index is 12.6. The van der Waals surface area contributed by atoms with E-state index >= 15 is 0 Å². The van der Waals surface area contributed by atoms with Crippen LogP contribution in [-0.2, 0) is 4.79 Å². The maximum Gasteiger partial charge on any atom is 0.224 e. The SMILES string of the molecule is C=C(CCC(=O)NC1=C(c2ccccc2)CC=C1)c1ccc(OCC)c(OCC)c1. The first-order valence-corrected chi connectivity index (χ1v) is 10.4. The molecule has 156 valence electrons. The molecule has 0 saturated carbocycles. The highest BCUT2D eigenvalue weighted by Crippen LogP contribution is 2.32. The summed E-state index contributed by atoms with van der Waals surface area (Å²) >= 11 is 0. The number of carbonyl (C=O) groups excluding carboxylic acids is 1. The molecule has 0 aromatic heterocycles. The van der Waals surface area contributed by atoms with Gasteiger partial charge in [-0.3, -0.25) is 4.79 Å². The van der Waals surface area contributed by atoms with Gasteiger partial charge in [0.15, 0.2) is 11.5 Å². The molecule has 3 rings (SSSR count). The lowest BCUT2D eigenvalue weighted by Crippen LogP contribution is -2.21. The topological polar surface area (TPSA) is 47.6 Å². The third-order valence-electron chi connectivity index (χ3n) is 4.93. The minimum atomic E-state index is -0.0119. The molecule has 4 nitrogen and oxygen atoms in total. The van der Waals surface area contributed by atoms with Gasteiger partial charge in [-0.1, -0.05) is 49.1 Å². The Morgan fingerprint density at radius 2 is 1.73 bits per heavy atom. The molecule has 1 amide bonds. The van der Waals surface area contributed by atoms with E-state index in [0.717, 1.165) is 40.1 Å². The van der Waals surface area contributed by atoms with Crippen LogP contribution in [0.3, 0.4) is 0 Å². The third-order valence-corrected chi connectivity index (χ3v) is 4.93. The normalized spacial score (nSPS) is 12.7. The first-order chi connectivity index (χ1) is 14.6. The number of hydrogen-bond acceptors (Lipinski definition) is 3. The summed E-state index contributed by atoms with van der Waals surface area (Å²) in [5.41, 5.74) is 5.03. The second-order valence-electron chi connectivity index (χ2n) is 7.04. The van der Waals surface area contributed by atoms with Gasteiger partial charge in [-0.2, -0.15) is 0 Å². The van der Waals surface area contributed by atoms with E-state index in [-0.39, 0.29) is 5.91 Å². The van der Waals surface area contributed by atoms with Crippen LogP contribution < -0.4 is 14.8 Å². The van der Waals surface area contributed by atoms with Crippen molar-refractivity contribution in [2.24, 2.45) is 0 Å². The van der Waals surface area contributed by atoms with Gasteiger partial charge < -0.3 is 14.8 Å². The highest BCUT2D eigenvalue weighted by Gasteiger charge is 2.14. The third kappa shape index (κ3) is 5.41. The van der Waals surface area contributed by atoms with Crippen LogP contribution in [-0.4, -0.2) is 19.1 Å². The van der Waals surface area contributed by atoms with Crippen molar-refractivity contribution >= 4 is 17.1 Å². The maximum absolute atomic E-state index is 12.6. The predicted molar refractivity (Wildman–Crippen MR) is 122 cm³/mol. The Labute approximate surface area is 178 Å². The molecule has 0 spiro atoms. The molecule has 4 heteroatoms. The number of hydrogen-bond donors (Lipinski definition) is 1. The van der Waals surface area contributed by atoms with Crippen LogP contribution in [0.1, 0.15) is 44.2 Å². The largest absolute Gasteiger partial charge is 0.490 e. The molecule has 0 aliphatic heterocycles. The summed E-state index contributed by atoms with van der Waals surface area (Å²) in [7, 11) is 0. The summed E-state index contributed by atoms with van der Waals surface area (Å²) in [6.07, 6.45) is 5.83. The van der Waals surface area contributed by atoms with Crippen LogP contribution in [0.5, 0.6) is 11.5 Å². The smallest absolute Gasteiger partial charge is 0.224 e. The standard InChI is InChI=1S/C26H29NO3/c1-4-29-24-16-15-21(18-25(24)30-5-2)19(3)14-17-26(28)27-23-13-9-12-22(23)20-10-7-6-8-11-20/h6-11,13,15-16,18H,3-5,12,14,17H2,1-2H3,(H,27,28). The molecule has 0 radical (unpaired) electrons. The number of benzene rings is 2. The molecule has 2 aromatic carbocycles. The van der Waals surface area contributed by atoms with E-state index < -0.39 is 0 Å². The van der Waals surface area contributed by atoms with Crippen LogP contribution in [0.25, 0.3) is 11.1 Å². The van der Waals surface area contributed by atoms with Crippen LogP contribution >= 0.6 is 0 Å². The van der Waals surface area contributed by atoms with Crippen molar-refractivity contribution in [1.29, 1.82) is 0 Å². The van der Waals surface area contributed by atoms with E-state index in [4.69, 9.17) is 9.47 Å². The molecule has 0 fully saturated rings. The Balaban J connectivity index is 1.61. The van der Waals surface area contributed by atoms with Crippen molar-refractivity contribution in [3.05, 3.63) is 84.1 Å². The number of nitrogens with one attached hydrogen (secondary N) is 1. The minimum absolute atomic E-state index is 0.0119. The molecule has 0 saturated heterocycles. The van der Waals surface area contributed by atoms with Gasteiger partial charge >= 0.3 is 0 Å². The molecular weight excluding hydrogens is 374 g/mol. The Kier molecular flexibility index (Phi) is 7.50. The summed E-state index contributed by atoms with van der Waals surface area (Å²) in [6, 6.07) is 15.9. The summed E-state index contributed by atoms with van der Waals surface area (Å²) in [5.74, 6) is 1.42. The van der Waals surface area contributed by atoms with Gasteiger partial charge in [0.05, 0.1) is 13.2 Å². The van der Waals surface area contributed by atoms with Crippen molar-refractivity contribution in [2.75, 3.05) is 13.2 Å². The Morgan fingerprint density at radius 1 is 1.00 bits per heavy atom. The first kappa shape index (κ1) is 21.4. The van der Waals surface area contributed by atoms with Crippen molar-refractivity contribution in [1.82, 2.24) is 5.32 Å². The molecule has 2 aromatic rings. The number of carbonyl (C=O) groups is 1. The van der Waals surface area contributed by atoms with Gasteiger partial charge in [-0.25, -0.2) is 0 Å². The predicted octanol–water partition coefficient (Wildman–Crippen LogP) is 5.76. The number of amides is 1. The van der Waals surface area contributed by atoms with E-state index in [9.17, 15) is 4.79 Å². The number of rotatable bonds is 10. The second-order valence-corrected chi connectivity index (χ2v) is 7.04. The van der Waals surface area contributed by atoms with E-state index in [1.165, 1.54) is 0 Å². The first-order valence-electron chi connectivity index (χ1n) is 10.4. The average Bonchev–Trinajstić information content (AvgIpc) is 3.22. The molecule has 1 N–H and O–H groups in total. The zero-order valence-corrected chi connectivity index (χ0v) is 17.7. The average molecular weight is 404 g/mol. The van der Waals surface area contributed by atoms with Crippen LogP contribution in [0.4, 0.5) is 0 Å². The molecule has 30 heavy (non-hydrogen) atoms. The van der Waals surface area contributed by atoms with Crippen molar-refractivity contribution in [2.45, 2.75) is 33.1 Å². The summed E-state index contributed by atoms with van der Waals surface area (Å²) in [4.78, 5) is 12.6. The fourth-order valence-electron chi connectivity index (χ4n) is 3.43. The summed E-state index contributed by atoms with van der Waals surface area (Å²) in [6.45, 7) is 9.19. The fourth-order valence-corrected chi connectivity index (χ4v) is 3.43. The summed E-state index contributed by atoms with van der Waals surface area (Å²) < 4.78 is 11.3. The molecule has 0 bridgehead atoms.